The van der Waals surface area contributed by atoms with Gasteiger partial charge in [0.25, 0.3) is 0 Å². The van der Waals surface area contributed by atoms with E-state index in [0.717, 1.165) is 47.4 Å². The largest absolute Gasteiger partial charge is 2.00 e. The van der Waals surface area contributed by atoms with Crippen molar-refractivity contribution in [1.29, 1.82) is 0 Å². The molecule has 6 rings (SSSR count). The fourth-order valence-electron chi connectivity index (χ4n) is 9.34. The number of aldehydes is 1. The zero-order valence-electron chi connectivity index (χ0n) is 37.7. The molecule has 1 saturated heterocycles. The fraction of sp³-hybridized carbons (Fsp3) is 0.480. The van der Waals surface area contributed by atoms with Crippen molar-refractivity contribution in [2.75, 3.05) is 13.7 Å². The number of H-pyrrole nitrogens is 1. The maximum Gasteiger partial charge on any atom is 2.00 e. The second kappa shape index (κ2) is 20.5. The molecule has 5 heterocycles. The average molecular weight is 839 g/mol. The topological polar surface area (TPSA) is 143 Å². The molecule has 320 valence electrons. The number of rotatable bonds is 17. The summed E-state index contributed by atoms with van der Waals surface area (Å²) in [5.74, 6) is -0.329. The molecule has 0 spiro atoms. The summed E-state index contributed by atoms with van der Waals surface area (Å²) in [6.45, 7) is 21.2. The number of carbonyl (C=O) groups excluding carboxylic acids is 4. The van der Waals surface area contributed by atoms with Gasteiger partial charge < -0.3 is 29.7 Å². The van der Waals surface area contributed by atoms with Gasteiger partial charge in [0, 0.05) is 34.9 Å². The van der Waals surface area contributed by atoms with Gasteiger partial charge in [-0.2, -0.15) is 0 Å². The second-order valence-corrected chi connectivity index (χ2v) is 17.5. The van der Waals surface area contributed by atoms with Crippen LogP contribution in [0.5, 0.6) is 0 Å². The standard InChI is InChI=1S/C50H64N4O6.Mg/c1-11-33-30(7)37-23-38-31(8)35(19-20-43(56)60-22-21-29(6)18-14-17-28(5)16-13-15-27(3)4)47(53-38)45-46(50(58)59-10)49(57)44-32(9)39(54-48(44)45)24-41-34(12-2)36(26-55)42(52-41)25-40(33)51-37;/h11,21,23-28,31,35,47H,1,12-20,22H2,2-10H3,(H4,51,52,53,54,55,57,58);/q;+2/p-2/b29-21+;/t28-,31+,35+,47?;/m1./s1. The molecule has 0 aromatic carbocycles. The molecule has 61 heavy (non-hydrogen) atoms. The van der Waals surface area contributed by atoms with Gasteiger partial charge in [0.1, 0.15) is 18.5 Å². The molecule has 2 N–H and O–H groups in total. The van der Waals surface area contributed by atoms with Crippen LogP contribution in [0.4, 0.5) is 0 Å². The van der Waals surface area contributed by atoms with Crippen LogP contribution in [0.2, 0.25) is 0 Å². The molecule has 1 unspecified atom stereocenters. The first kappa shape index (κ1) is 47.4. The Balaban J connectivity index is 0.00000704. The third kappa shape index (κ3) is 9.88. The Bertz CT molecular complexity index is 2400. The van der Waals surface area contributed by atoms with Crippen LogP contribution in [0.1, 0.15) is 159 Å². The summed E-state index contributed by atoms with van der Waals surface area (Å²) < 4.78 is 11.0. The van der Waals surface area contributed by atoms with Gasteiger partial charge in [-0.25, -0.2) is 4.79 Å². The van der Waals surface area contributed by atoms with Gasteiger partial charge in [-0.3, -0.25) is 14.4 Å². The van der Waals surface area contributed by atoms with Crippen LogP contribution in [0, 0.1) is 37.5 Å². The van der Waals surface area contributed by atoms with Gasteiger partial charge in [0.2, 0.25) is 5.78 Å². The number of fused-ring (bicyclic) bond motifs is 8. The number of esters is 2. The van der Waals surface area contributed by atoms with Gasteiger partial charge in [0.05, 0.1) is 24.4 Å². The van der Waals surface area contributed by atoms with Gasteiger partial charge >= 0.3 is 35.0 Å². The van der Waals surface area contributed by atoms with Crippen molar-refractivity contribution in [1.82, 2.24) is 20.3 Å². The molecule has 2 aliphatic heterocycles. The number of aromatic nitrogens is 3. The summed E-state index contributed by atoms with van der Waals surface area (Å²) in [7, 11) is 1.28. The van der Waals surface area contributed by atoms with Gasteiger partial charge in [-0.05, 0) is 81.4 Å². The maximum atomic E-state index is 14.3. The number of hydrogen-bond donors (Lipinski definition) is 2. The smallest absolute Gasteiger partial charge is 0.657 e. The summed E-state index contributed by atoms with van der Waals surface area (Å²) >= 11 is 0. The van der Waals surface area contributed by atoms with Crippen LogP contribution < -0.4 is 26.0 Å². The Labute approximate surface area is 377 Å². The average Bonchev–Trinajstić information content (AvgIpc) is 3.96. The van der Waals surface area contributed by atoms with E-state index in [1.807, 2.05) is 45.1 Å². The monoisotopic (exact) mass is 838 g/mol. The number of nitrogens with zero attached hydrogens (tertiary/aromatic N) is 2. The number of nitrogens with one attached hydrogen (secondary N) is 2. The number of ketones is 1. The summed E-state index contributed by atoms with van der Waals surface area (Å²) in [6, 6.07) is -0.538. The minimum Gasteiger partial charge on any atom is -0.657 e. The Kier molecular flexibility index (Phi) is 15.9. The predicted molar refractivity (Wildman–Crippen MR) is 243 cm³/mol. The van der Waals surface area contributed by atoms with E-state index in [2.05, 4.69) is 51.5 Å². The fourth-order valence-corrected chi connectivity index (χ4v) is 9.34. The van der Waals surface area contributed by atoms with Crippen LogP contribution >= 0.6 is 0 Å². The first-order valence-electron chi connectivity index (χ1n) is 21.8. The molecule has 11 heteroatoms. The first-order chi connectivity index (χ1) is 28.7. The number of methoxy groups -OCH3 is 1. The van der Waals surface area contributed by atoms with E-state index in [9.17, 15) is 19.2 Å². The minimum atomic E-state index is -0.720. The number of aromatic amines is 1. The number of ether oxygens (including phenoxy) is 2. The van der Waals surface area contributed by atoms with E-state index < -0.39 is 17.8 Å². The van der Waals surface area contributed by atoms with Crippen LogP contribution in [-0.4, -0.2) is 71.8 Å². The maximum absolute atomic E-state index is 14.3. The van der Waals surface area contributed by atoms with E-state index >= 15 is 0 Å². The van der Waals surface area contributed by atoms with Gasteiger partial charge in [-0.15, -0.1) is 22.1 Å². The molecule has 0 saturated carbocycles. The van der Waals surface area contributed by atoms with Crippen LogP contribution in [-0.2, 0) is 25.5 Å². The van der Waals surface area contributed by atoms with Crippen molar-refractivity contribution in [3.8, 4) is 0 Å². The molecule has 0 radical (unpaired) electrons. The Morgan fingerprint density at radius 1 is 0.967 bits per heavy atom. The van der Waals surface area contributed by atoms with Crippen molar-refractivity contribution in [3.63, 3.8) is 0 Å². The summed E-state index contributed by atoms with van der Waals surface area (Å²) in [5.41, 5.74) is 9.15. The van der Waals surface area contributed by atoms with Crippen molar-refractivity contribution >= 4 is 76.9 Å². The molecule has 8 bridgehead atoms. The van der Waals surface area contributed by atoms with Crippen molar-refractivity contribution in [2.24, 2.45) is 23.7 Å². The molecule has 1 fully saturated rings. The van der Waals surface area contributed by atoms with Crippen LogP contribution in [0.15, 0.2) is 29.5 Å². The van der Waals surface area contributed by atoms with Gasteiger partial charge in [-0.1, -0.05) is 108 Å². The number of hydrogen-bond acceptors (Lipinski definition) is 7. The zero-order valence-corrected chi connectivity index (χ0v) is 39.1. The number of Topliss-reactive ketones (excluding diaryl/α,β-unsaturated/α-hetero) is 1. The first-order valence-corrected chi connectivity index (χ1v) is 21.8. The van der Waals surface area contributed by atoms with Crippen molar-refractivity contribution in [3.05, 3.63) is 96.4 Å². The third-order valence-electron chi connectivity index (χ3n) is 12.9. The summed E-state index contributed by atoms with van der Waals surface area (Å²) in [5, 5.41) is 4.81. The van der Waals surface area contributed by atoms with E-state index in [1.54, 1.807) is 6.08 Å². The molecule has 3 aromatic heterocycles. The molecule has 3 aromatic rings. The summed E-state index contributed by atoms with van der Waals surface area (Å²) in [6.07, 6.45) is 18.6. The molecular weight excluding hydrogens is 777 g/mol. The van der Waals surface area contributed by atoms with Crippen molar-refractivity contribution in [2.45, 2.75) is 119 Å². The molecular formula is C50H62MgN4O6. The zero-order chi connectivity index (χ0) is 43.4. The second-order valence-electron chi connectivity index (χ2n) is 17.5. The Morgan fingerprint density at radius 3 is 2.38 bits per heavy atom. The Morgan fingerprint density at radius 2 is 1.70 bits per heavy atom. The molecule has 0 amide bonds. The third-order valence-corrected chi connectivity index (χ3v) is 12.9. The van der Waals surface area contributed by atoms with E-state index in [-0.39, 0.29) is 59.5 Å². The normalized spacial score (nSPS) is 20.5. The quantitative estimate of drug-likeness (QED) is 0.0466. The molecule has 3 aliphatic rings. The van der Waals surface area contributed by atoms with Gasteiger partial charge in [0.15, 0.2) is 0 Å². The number of carbonyl (C=O) groups is 4. The minimum absolute atomic E-state index is 0. The van der Waals surface area contributed by atoms with E-state index in [0.29, 0.717) is 74.5 Å². The van der Waals surface area contributed by atoms with E-state index in [1.165, 1.54) is 38.4 Å². The molecule has 4 atom stereocenters. The van der Waals surface area contributed by atoms with Crippen LogP contribution in [0.25, 0.3) is 29.9 Å². The Hall–Kier alpha value is -4.61. The summed E-state index contributed by atoms with van der Waals surface area (Å²) in [4.78, 5) is 67.2. The van der Waals surface area contributed by atoms with Crippen LogP contribution in [0.3, 0.4) is 0 Å². The van der Waals surface area contributed by atoms with E-state index in [4.69, 9.17) is 19.4 Å². The molecule has 10 nitrogen and oxygen atoms in total. The van der Waals surface area contributed by atoms with Crippen molar-refractivity contribution < 1.29 is 28.7 Å². The SMILES string of the molecule is C=Cc1c2[n-]c(c1C)/C=C1\NC(C3=C(C(=O)OC)C(=O)c4c3[nH]c(c4C)/C=c3\[n-]/c(c(C=O)c3CC)=C\2)[C@@H](CCC(=O)OC/C=C(\C)CCC[C@H](C)CCCC(C)C)[C@@H]1C.[Mg+2]. The number of allylic oxidation sites excluding steroid dienone is 2. The molecule has 1 aliphatic carbocycles. The predicted octanol–water partition coefficient (Wildman–Crippen LogP) is 7.44.